The Morgan fingerprint density at radius 2 is 1.81 bits per heavy atom. The standard InChI is InChI=1S/C23H24N4O3S/c28-23(2-1-13-24-18-3-9-21(10-4-18)27(29)30)25-19-5-7-20(8-6-19)26-14-11-22-17(16-26)12-15-31-22/h3-10,12,15,24H,1-2,11,13-14,16H2,(H,25,28). The van der Waals surface area contributed by atoms with E-state index in [0.29, 0.717) is 19.4 Å². The summed E-state index contributed by atoms with van der Waals surface area (Å²) in [6.07, 6.45) is 2.14. The predicted molar refractivity (Wildman–Crippen MR) is 125 cm³/mol. The third-order valence-electron chi connectivity index (χ3n) is 5.31. The number of amides is 1. The van der Waals surface area contributed by atoms with Crippen LogP contribution in [0.5, 0.6) is 0 Å². The van der Waals surface area contributed by atoms with Crippen LogP contribution in [0.1, 0.15) is 23.3 Å². The minimum Gasteiger partial charge on any atom is -0.385 e. The van der Waals surface area contributed by atoms with Crippen LogP contribution >= 0.6 is 11.3 Å². The van der Waals surface area contributed by atoms with Crippen molar-refractivity contribution in [2.45, 2.75) is 25.8 Å². The monoisotopic (exact) mass is 436 g/mol. The quantitative estimate of drug-likeness (QED) is 0.293. The second-order valence-electron chi connectivity index (χ2n) is 7.47. The Hall–Kier alpha value is -3.39. The minimum atomic E-state index is -0.424. The molecule has 0 aliphatic carbocycles. The van der Waals surface area contributed by atoms with Crippen LogP contribution in [0.25, 0.3) is 0 Å². The maximum Gasteiger partial charge on any atom is 0.269 e. The number of nitrogens with zero attached hydrogens (tertiary/aromatic N) is 2. The zero-order valence-corrected chi connectivity index (χ0v) is 17.9. The van der Waals surface area contributed by atoms with Gasteiger partial charge in [-0.3, -0.25) is 14.9 Å². The number of hydrogen-bond acceptors (Lipinski definition) is 6. The highest BCUT2D eigenvalue weighted by molar-refractivity contribution is 7.10. The zero-order valence-electron chi connectivity index (χ0n) is 17.0. The number of thiophene rings is 1. The van der Waals surface area contributed by atoms with Crippen LogP contribution in [0, 0.1) is 10.1 Å². The molecule has 0 radical (unpaired) electrons. The summed E-state index contributed by atoms with van der Waals surface area (Å²) in [5.74, 6) is -0.0286. The van der Waals surface area contributed by atoms with E-state index in [1.165, 1.54) is 28.3 Å². The average Bonchev–Trinajstić information content (AvgIpc) is 3.25. The molecule has 0 unspecified atom stereocenters. The van der Waals surface area contributed by atoms with Gasteiger partial charge in [0.1, 0.15) is 0 Å². The molecule has 1 amide bonds. The fourth-order valence-corrected chi connectivity index (χ4v) is 4.52. The van der Waals surface area contributed by atoms with E-state index in [9.17, 15) is 14.9 Å². The van der Waals surface area contributed by atoms with E-state index in [0.717, 1.165) is 30.9 Å². The molecule has 3 aromatic rings. The van der Waals surface area contributed by atoms with Crippen molar-refractivity contribution in [3.8, 4) is 0 Å². The Kier molecular flexibility index (Phi) is 6.47. The number of hydrogen-bond donors (Lipinski definition) is 2. The third-order valence-corrected chi connectivity index (χ3v) is 6.33. The number of rotatable bonds is 8. The van der Waals surface area contributed by atoms with Crippen LogP contribution in [0.4, 0.5) is 22.7 Å². The fourth-order valence-electron chi connectivity index (χ4n) is 3.63. The lowest BCUT2D eigenvalue weighted by molar-refractivity contribution is -0.384. The van der Waals surface area contributed by atoms with Gasteiger partial charge in [-0.1, -0.05) is 0 Å². The van der Waals surface area contributed by atoms with Gasteiger partial charge < -0.3 is 15.5 Å². The molecule has 0 fully saturated rings. The second kappa shape index (κ2) is 9.61. The molecule has 31 heavy (non-hydrogen) atoms. The predicted octanol–water partition coefficient (Wildman–Crippen LogP) is 5.05. The lowest BCUT2D eigenvalue weighted by atomic mass is 10.1. The van der Waals surface area contributed by atoms with Gasteiger partial charge in [0.05, 0.1) is 4.92 Å². The van der Waals surface area contributed by atoms with E-state index >= 15 is 0 Å². The Balaban J connectivity index is 1.20. The van der Waals surface area contributed by atoms with E-state index in [1.807, 2.05) is 23.5 Å². The van der Waals surface area contributed by atoms with Crippen molar-refractivity contribution in [1.82, 2.24) is 0 Å². The van der Waals surface area contributed by atoms with Gasteiger partial charge in [0.2, 0.25) is 5.91 Å². The largest absolute Gasteiger partial charge is 0.385 e. The molecule has 1 aliphatic rings. The molecule has 0 spiro atoms. The SMILES string of the molecule is O=C(CCCNc1ccc([N+](=O)[O-])cc1)Nc1ccc(N2CCc3sccc3C2)cc1. The van der Waals surface area contributed by atoms with Crippen molar-refractivity contribution >= 4 is 40.0 Å². The number of non-ortho nitro benzene ring substituents is 1. The number of carbonyl (C=O) groups is 1. The molecule has 7 nitrogen and oxygen atoms in total. The molecule has 8 heteroatoms. The summed E-state index contributed by atoms with van der Waals surface area (Å²) in [6, 6.07) is 16.5. The first-order chi connectivity index (χ1) is 15.1. The fraction of sp³-hybridized carbons (Fsp3) is 0.261. The first-order valence-corrected chi connectivity index (χ1v) is 11.1. The van der Waals surface area contributed by atoms with Crippen molar-refractivity contribution in [3.63, 3.8) is 0 Å². The molecule has 1 aromatic heterocycles. The highest BCUT2D eigenvalue weighted by Crippen LogP contribution is 2.28. The first kappa shape index (κ1) is 20.9. The summed E-state index contributed by atoms with van der Waals surface area (Å²) in [7, 11) is 0. The molecule has 0 bridgehead atoms. The lowest BCUT2D eigenvalue weighted by Gasteiger charge is -2.29. The highest BCUT2D eigenvalue weighted by atomic mass is 32.1. The number of nitro benzene ring substituents is 1. The van der Waals surface area contributed by atoms with E-state index in [4.69, 9.17) is 0 Å². The van der Waals surface area contributed by atoms with Crippen molar-refractivity contribution in [1.29, 1.82) is 0 Å². The normalized spacial score (nSPS) is 12.8. The summed E-state index contributed by atoms with van der Waals surface area (Å²) in [5, 5.41) is 18.9. The van der Waals surface area contributed by atoms with Crippen molar-refractivity contribution in [2.75, 3.05) is 28.6 Å². The van der Waals surface area contributed by atoms with Crippen LogP contribution in [0.3, 0.4) is 0 Å². The van der Waals surface area contributed by atoms with E-state index in [1.54, 1.807) is 12.1 Å². The van der Waals surface area contributed by atoms with Crippen LogP contribution in [-0.4, -0.2) is 23.9 Å². The maximum absolute atomic E-state index is 12.2. The summed E-state index contributed by atoms with van der Waals surface area (Å²) < 4.78 is 0. The average molecular weight is 437 g/mol. The number of fused-ring (bicyclic) bond motifs is 1. The number of carbonyl (C=O) groups excluding carboxylic acids is 1. The number of nitro groups is 1. The molecule has 160 valence electrons. The van der Waals surface area contributed by atoms with Crippen molar-refractivity contribution < 1.29 is 9.72 Å². The smallest absolute Gasteiger partial charge is 0.269 e. The van der Waals surface area contributed by atoms with E-state index in [2.05, 4.69) is 39.1 Å². The van der Waals surface area contributed by atoms with Crippen LogP contribution < -0.4 is 15.5 Å². The molecule has 0 saturated heterocycles. The molecular formula is C23H24N4O3S. The molecule has 0 atom stereocenters. The Bertz CT molecular complexity index is 1050. The van der Waals surface area contributed by atoms with Crippen molar-refractivity contribution in [3.05, 3.63) is 80.5 Å². The molecule has 4 rings (SSSR count). The van der Waals surface area contributed by atoms with Crippen LogP contribution in [0.2, 0.25) is 0 Å². The Labute approximate surface area is 184 Å². The zero-order chi connectivity index (χ0) is 21.6. The maximum atomic E-state index is 12.2. The Morgan fingerprint density at radius 1 is 1.06 bits per heavy atom. The van der Waals surface area contributed by atoms with Gasteiger partial charge in [0.15, 0.2) is 0 Å². The molecule has 2 N–H and O–H groups in total. The Morgan fingerprint density at radius 3 is 2.55 bits per heavy atom. The highest BCUT2D eigenvalue weighted by Gasteiger charge is 2.17. The molecule has 2 heterocycles. The molecular weight excluding hydrogens is 412 g/mol. The van der Waals surface area contributed by atoms with Gasteiger partial charge in [-0.05, 0) is 66.2 Å². The van der Waals surface area contributed by atoms with Gasteiger partial charge in [0.25, 0.3) is 5.69 Å². The summed E-state index contributed by atoms with van der Waals surface area (Å²) >= 11 is 1.84. The van der Waals surface area contributed by atoms with Crippen LogP contribution in [0.15, 0.2) is 60.0 Å². The second-order valence-corrected chi connectivity index (χ2v) is 8.47. The van der Waals surface area contributed by atoms with Crippen molar-refractivity contribution in [2.24, 2.45) is 0 Å². The van der Waals surface area contributed by atoms with Crippen LogP contribution in [-0.2, 0) is 17.8 Å². The van der Waals surface area contributed by atoms with Gasteiger partial charge >= 0.3 is 0 Å². The number of nitrogens with one attached hydrogen (secondary N) is 2. The third kappa shape index (κ3) is 5.40. The molecule has 0 saturated carbocycles. The summed E-state index contributed by atoms with van der Waals surface area (Å²) in [4.78, 5) is 26.3. The van der Waals surface area contributed by atoms with Gasteiger partial charge in [-0.15, -0.1) is 11.3 Å². The minimum absolute atomic E-state index is 0.0286. The van der Waals surface area contributed by atoms with Gasteiger partial charge in [0, 0.05) is 60.1 Å². The summed E-state index contributed by atoms with van der Waals surface area (Å²) in [5.41, 5.74) is 4.24. The van der Waals surface area contributed by atoms with E-state index < -0.39 is 4.92 Å². The van der Waals surface area contributed by atoms with Gasteiger partial charge in [-0.2, -0.15) is 0 Å². The first-order valence-electron chi connectivity index (χ1n) is 10.3. The number of benzene rings is 2. The molecule has 1 aliphatic heterocycles. The van der Waals surface area contributed by atoms with Gasteiger partial charge in [-0.25, -0.2) is 0 Å². The summed E-state index contributed by atoms with van der Waals surface area (Å²) in [6.45, 7) is 2.57. The lowest BCUT2D eigenvalue weighted by Crippen LogP contribution is -2.29. The number of anilines is 3. The molecule has 2 aromatic carbocycles. The topological polar surface area (TPSA) is 87.5 Å². The van der Waals surface area contributed by atoms with E-state index in [-0.39, 0.29) is 11.6 Å².